The zero-order valence-electron chi connectivity index (χ0n) is 8.68. The molecule has 2 aliphatic rings. The van der Waals surface area contributed by atoms with Crippen LogP contribution in [0.5, 0.6) is 0 Å². The molecule has 2 fully saturated rings. The van der Waals surface area contributed by atoms with Crippen LogP contribution in [-0.4, -0.2) is 25.7 Å². The van der Waals surface area contributed by atoms with E-state index in [1.165, 1.54) is 38.5 Å². The van der Waals surface area contributed by atoms with Crippen LogP contribution in [-0.2, 0) is 0 Å². The first kappa shape index (κ1) is 9.47. The van der Waals surface area contributed by atoms with E-state index in [2.05, 4.69) is 17.7 Å². The van der Waals surface area contributed by atoms with Gasteiger partial charge in [-0.1, -0.05) is 12.8 Å². The van der Waals surface area contributed by atoms with Crippen molar-refractivity contribution in [3.8, 4) is 0 Å². The number of fused-ring (bicyclic) bond motifs is 1. The zero-order chi connectivity index (χ0) is 9.10. The molecule has 0 aromatic carbocycles. The Hall–Kier alpha value is -0.0800. The van der Waals surface area contributed by atoms with Crippen molar-refractivity contribution in [1.29, 1.82) is 0 Å². The molecule has 0 amide bonds. The van der Waals surface area contributed by atoms with Gasteiger partial charge in [0.05, 0.1) is 0 Å². The molecule has 2 rings (SSSR count). The van der Waals surface area contributed by atoms with Crippen molar-refractivity contribution in [3.05, 3.63) is 0 Å². The van der Waals surface area contributed by atoms with Gasteiger partial charge in [-0.25, -0.2) is 0 Å². The monoisotopic (exact) mass is 182 g/mol. The van der Waals surface area contributed by atoms with Crippen LogP contribution in [0.3, 0.4) is 0 Å². The maximum absolute atomic E-state index is 3.79. The SMILES string of the molecule is CNCC1CCC2CCCCC2N1. The van der Waals surface area contributed by atoms with Gasteiger partial charge in [0.25, 0.3) is 0 Å². The minimum absolute atomic E-state index is 0.740. The molecule has 2 nitrogen and oxygen atoms in total. The maximum Gasteiger partial charge on any atom is 0.0195 e. The Labute approximate surface area is 81.5 Å². The third kappa shape index (κ3) is 2.23. The molecule has 13 heavy (non-hydrogen) atoms. The van der Waals surface area contributed by atoms with Gasteiger partial charge in [-0.2, -0.15) is 0 Å². The topological polar surface area (TPSA) is 24.1 Å². The third-order valence-electron chi connectivity index (χ3n) is 3.70. The fourth-order valence-corrected chi connectivity index (χ4v) is 2.98. The molecule has 3 unspecified atom stereocenters. The van der Waals surface area contributed by atoms with Crippen molar-refractivity contribution in [1.82, 2.24) is 10.6 Å². The van der Waals surface area contributed by atoms with Crippen LogP contribution in [0.15, 0.2) is 0 Å². The van der Waals surface area contributed by atoms with Gasteiger partial charge < -0.3 is 10.6 Å². The molecule has 0 radical (unpaired) electrons. The Kier molecular flexibility index (Phi) is 3.23. The summed E-state index contributed by atoms with van der Waals surface area (Å²) in [6.45, 7) is 1.14. The molecule has 0 aromatic rings. The second-order valence-electron chi connectivity index (χ2n) is 4.65. The van der Waals surface area contributed by atoms with E-state index in [0.29, 0.717) is 0 Å². The average Bonchev–Trinajstić information content (AvgIpc) is 2.18. The van der Waals surface area contributed by atoms with E-state index in [4.69, 9.17) is 0 Å². The Bertz CT molecular complexity index is 158. The summed E-state index contributed by atoms with van der Waals surface area (Å²) >= 11 is 0. The lowest BCUT2D eigenvalue weighted by Crippen LogP contribution is -2.51. The van der Waals surface area contributed by atoms with E-state index in [1.54, 1.807) is 0 Å². The summed E-state index contributed by atoms with van der Waals surface area (Å²) in [6, 6.07) is 1.59. The first-order chi connectivity index (χ1) is 6.40. The van der Waals surface area contributed by atoms with Crippen molar-refractivity contribution >= 4 is 0 Å². The normalized spacial score (nSPS) is 39.9. The van der Waals surface area contributed by atoms with Crippen LogP contribution in [0, 0.1) is 5.92 Å². The smallest absolute Gasteiger partial charge is 0.0195 e. The number of hydrogen-bond donors (Lipinski definition) is 2. The molecule has 1 aliphatic heterocycles. The summed E-state index contributed by atoms with van der Waals surface area (Å²) in [5.74, 6) is 1.00. The fourth-order valence-electron chi connectivity index (χ4n) is 2.98. The van der Waals surface area contributed by atoms with Gasteiger partial charge in [0.15, 0.2) is 0 Å². The molecule has 0 bridgehead atoms. The summed E-state index contributed by atoms with van der Waals surface area (Å²) in [4.78, 5) is 0. The molecule has 0 spiro atoms. The Morgan fingerprint density at radius 3 is 2.85 bits per heavy atom. The number of nitrogens with one attached hydrogen (secondary N) is 2. The average molecular weight is 182 g/mol. The molecule has 1 saturated carbocycles. The van der Waals surface area contributed by atoms with Crippen molar-refractivity contribution in [2.75, 3.05) is 13.6 Å². The molecular formula is C11H22N2. The quantitative estimate of drug-likeness (QED) is 0.676. The number of hydrogen-bond acceptors (Lipinski definition) is 2. The lowest BCUT2D eigenvalue weighted by atomic mass is 9.78. The van der Waals surface area contributed by atoms with E-state index in [-0.39, 0.29) is 0 Å². The molecule has 1 aliphatic carbocycles. The molecule has 1 saturated heterocycles. The van der Waals surface area contributed by atoms with Crippen molar-refractivity contribution in [2.45, 2.75) is 50.6 Å². The molecule has 1 heterocycles. The molecule has 76 valence electrons. The molecule has 3 atom stereocenters. The maximum atomic E-state index is 3.79. The molecule has 0 aromatic heterocycles. The highest BCUT2D eigenvalue weighted by molar-refractivity contribution is 4.89. The number of rotatable bonds is 2. The van der Waals surface area contributed by atoms with E-state index in [9.17, 15) is 0 Å². The highest BCUT2D eigenvalue weighted by Crippen LogP contribution is 2.31. The van der Waals surface area contributed by atoms with Crippen LogP contribution in [0.2, 0.25) is 0 Å². The first-order valence-electron chi connectivity index (χ1n) is 5.81. The molecule has 2 N–H and O–H groups in total. The highest BCUT2D eigenvalue weighted by Gasteiger charge is 2.30. The van der Waals surface area contributed by atoms with Gasteiger partial charge in [0.1, 0.15) is 0 Å². The number of piperidine rings is 1. The predicted molar refractivity (Wildman–Crippen MR) is 55.8 cm³/mol. The summed E-state index contributed by atoms with van der Waals surface area (Å²) < 4.78 is 0. The highest BCUT2D eigenvalue weighted by atomic mass is 15.0. The number of likely N-dealkylation sites (N-methyl/N-ethyl adjacent to an activating group) is 1. The van der Waals surface area contributed by atoms with Gasteiger partial charge >= 0.3 is 0 Å². The van der Waals surface area contributed by atoms with Crippen molar-refractivity contribution in [3.63, 3.8) is 0 Å². The van der Waals surface area contributed by atoms with Gasteiger partial charge in [0.2, 0.25) is 0 Å². The lowest BCUT2D eigenvalue weighted by Gasteiger charge is -2.40. The minimum atomic E-state index is 0.740. The van der Waals surface area contributed by atoms with Gasteiger partial charge in [-0.15, -0.1) is 0 Å². The third-order valence-corrected chi connectivity index (χ3v) is 3.70. The summed E-state index contributed by atoms with van der Waals surface area (Å²) in [7, 11) is 2.05. The van der Waals surface area contributed by atoms with Gasteiger partial charge in [-0.05, 0) is 38.6 Å². The minimum Gasteiger partial charge on any atom is -0.318 e. The standard InChI is InChI=1S/C11H22N2/c1-12-8-10-7-6-9-4-2-3-5-11(9)13-10/h9-13H,2-8H2,1H3. The van der Waals surface area contributed by atoms with Crippen LogP contribution in [0.25, 0.3) is 0 Å². The van der Waals surface area contributed by atoms with Crippen LogP contribution >= 0.6 is 0 Å². The largest absolute Gasteiger partial charge is 0.318 e. The first-order valence-corrected chi connectivity index (χ1v) is 5.81. The zero-order valence-corrected chi connectivity index (χ0v) is 8.68. The summed E-state index contributed by atoms with van der Waals surface area (Å²) in [6.07, 6.45) is 8.65. The van der Waals surface area contributed by atoms with E-state index in [1.807, 2.05) is 0 Å². The summed E-state index contributed by atoms with van der Waals surface area (Å²) in [5.41, 5.74) is 0. The Morgan fingerprint density at radius 1 is 1.15 bits per heavy atom. The van der Waals surface area contributed by atoms with E-state index in [0.717, 1.165) is 24.5 Å². The Morgan fingerprint density at radius 2 is 2.00 bits per heavy atom. The van der Waals surface area contributed by atoms with E-state index < -0.39 is 0 Å². The molecular weight excluding hydrogens is 160 g/mol. The molecule has 2 heteroatoms. The van der Waals surface area contributed by atoms with Gasteiger partial charge in [0, 0.05) is 18.6 Å². The fraction of sp³-hybridized carbons (Fsp3) is 1.00. The Balaban J connectivity index is 1.84. The van der Waals surface area contributed by atoms with Crippen LogP contribution < -0.4 is 10.6 Å². The van der Waals surface area contributed by atoms with Crippen LogP contribution in [0.4, 0.5) is 0 Å². The van der Waals surface area contributed by atoms with Crippen molar-refractivity contribution in [2.24, 2.45) is 5.92 Å². The van der Waals surface area contributed by atoms with E-state index >= 15 is 0 Å². The van der Waals surface area contributed by atoms with Crippen molar-refractivity contribution < 1.29 is 0 Å². The predicted octanol–water partition coefficient (Wildman–Crippen LogP) is 1.52. The second kappa shape index (κ2) is 4.43. The summed E-state index contributed by atoms with van der Waals surface area (Å²) in [5, 5.41) is 7.06. The second-order valence-corrected chi connectivity index (χ2v) is 4.65. The van der Waals surface area contributed by atoms with Gasteiger partial charge in [-0.3, -0.25) is 0 Å². The lowest BCUT2D eigenvalue weighted by molar-refractivity contribution is 0.175. The van der Waals surface area contributed by atoms with Crippen LogP contribution in [0.1, 0.15) is 38.5 Å².